The molecule has 0 aliphatic carbocycles. The maximum atomic E-state index is 12.5. The summed E-state index contributed by atoms with van der Waals surface area (Å²) in [6, 6.07) is 14.6. The number of rotatable bonds is 8. The molecule has 0 fully saturated rings. The molecule has 0 aliphatic heterocycles. The molecule has 1 heterocycles. The van der Waals surface area contributed by atoms with Gasteiger partial charge in [-0.1, -0.05) is 18.2 Å². The van der Waals surface area contributed by atoms with E-state index in [2.05, 4.69) is 32.4 Å². The molecule has 7 nitrogen and oxygen atoms in total. The molecule has 3 aromatic rings. The molecule has 2 aromatic carbocycles. The van der Waals surface area contributed by atoms with Gasteiger partial charge in [0, 0.05) is 24.1 Å². The first-order valence-electron chi connectivity index (χ1n) is 8.95. The smallest absolute Gasteiger partial charge is 0.262 e. The number of benzene rings is 2. The van der Waals surface area contributed by atoms with Crippen LogP contribution in [0.15, 0.2) is 59.3 Å². The topological polar surface area (TPSA) is 89.2 Å². The Morgan fingerprint density at radius 1 is 1.28 bits per heavy atom. The average Bonchev–Trinajstić information content (AvgIpc) is 3.22. The summed E-state index contributed by atoms with van der Waals surface area (Å²) in [7, 11) is 0. The minimum Gasteiger partial charge on any atom is -0.490 e. The molecule has 3 rings (SSSR count). The largest absolute Gasteiger partial charge is 0.490 e. The van der Waals surface area contributed by atoms with E-state index < -0.39 is 0 Å². The number of ether oxygens (including phenoxy) is 2. The molecule has 0 spiro atoms. The summed E-state index contributed by atoms with van der Waals surface area (Å²) < 4.78 is 13.6. The molecule has 148 valence electrons. The number of amides is 1. The summed E-state index contributed by atoms with van der Waals surface area (Å²) in [5, 5.41) is 16.2. The first-order valence-corrected chi connectivity index (χ1v) is 9.74. The van der Waals surface area contributed by atoms with Gasteiger partial charge in [-0.15, -0.1) is 0 Å². The van der Waals surface area contributed by atoms with Crippen molar-refractivity contribution in [2.75, 3.05) is 18.5 Å². The second-order valence-corrected chi connectivity index (χ2v) is 6.88. The lowest BCUT2D eigenvalue weighted by Gasteiger charge is -2.15. The number of anilines is 1. The molecule has 1 N–H and O–H groups in total. The lowest BCUT2D eigenvalue weighted by molar-refractivity contribution is -0.118. The van der Waals surface area contributed by atoms with Gasteiger partial charge in [-0.2, -0.15) is 10.4 Å². The van der Waals surface area contributed by atoms with Crippen molar-refractivity contribution in [2.24, 2.45) is 0 Å². The van der Waals surface area contributed by atoms with Crippen molar-refractivity contribution in [3.63, 3.8) is 0 Å². The fraction of sp³-hybridized carbons (Fsp3) is 0.190. The van der Waals surface area contributed by atoms with Crippen molar-refractivity contribution in [3.05, 3.63) is 70.5 Å². The van der Waals surface area contributed by atoms with Crippen LogP contribution in [-0.4, -0.2) is 28.9 Å². The minimum absolute atomic E-state index is 0.208. The summed E-state index contributed by atoms with van der Waals surface area (Å²) >= 11 is 3.37. The summed E-state index contributed by atoms with van der Waals surface area (Å²) in [6.07, 6.45) is 3.57. The van der Waals surface area contributed by atoms with Crippen LogP contribution < -0.4 is 14.8 Å². The van der Waals surface area contributed by atoms with E-state index >= 15 is 0 Å². The molecule has 0 saturated heterocycles. The first-order chi connectivity index (χ1) is 14.1. The second kappa shape index (κ2) is 9.75. The van der Waals surface area contributed by atoms with Crippen LogP contribution in [0.4, 0.5) is 5.69 Å². The van der Waals surface area contributed by atoms with Crippen LogP contribution >= 0.6 is 15.9 Å². The highest BCUT2D eigenvalue weighted by atomic mass is 79.9. The fourth-order valence-corrected chi connectivity index (χ4v) is 3.26. The third-order valence-corrected chi connectivity index (χ3v) is 4.56. The normalized spacial score (nSPS) is 10.2. The number of nitriles is 1. The van der Waals surface area contributed by atoms with Gasteiger partial charge in [0.25, 0.3) is 5.91 Å². The fourth-order valence-electron chi connectivity index (χ4n) is 2.71. The van der Waals surface area contributed by atoms with Crippen molar-refractivity contribution in [1.82, 2.24) is 9.78 Å². The maximum absolute atomic E-state index is 12.5. The summed E-state index contributed by atoms with van der Waals surface area (Å²) in [6.45, 7) is 2.57. The lowest BCUT2D eigenvalue weighted by Crippen LogP contribution is -2.21. The predicted molar refractivity (Wildman–Crippen MR) is 112 cm³/mol. The van der Waals surface area contributed by atoms with E-state index in [0.29, 0.717) is 40.4 Å². The Labute approximate surface area is 177 Å². The van der Waals surface area contributed by atoms with Crippen molar-refractivity contribution < 1.29 is 14.3 Å². The van der Waals surface area contributed by atoms with Gasteiger partial charge >= 0.3 is 0 Å². The van der Waals surface area contributed by atoms with E-state index in [1.54, 1.807) is 23.0 Å². The Kier molecular flexibility index (Phi) is 6.87. The van der Waals surface area contributed by atoms with Crippen molar-refractivity contribution in [2.45, 2.75) is 13.5 Å². The van der Waals surface area contributed by atoms with E-state index in [-0.39, 0.29) is 12.5 Å². The van der Waals surface area contributed by atoms with Crippen LogP contribution in [0.1, 0.15) is 18.1 Å². The Morgan fingerprint density at radius 2 is 2.10 bits per heavy atom. The monoisotopic (exact) mass is 454 g/mol. The number of carbonyl (C=O) groups is 1. The van der Waals surface area contributed by atoms with Gasteiger partial charge < -0.3 is 14.8 Å². The van der Waals surface area contributed by atoms with Gasteiger partial charge in [-0.05, 0) is 46.6 Å². The van der Waals surface area contributed by atoms with Crippen LogP contribution in [0.25, 0.3) is 0 Å². The van der Waals surface area contributed by atoms with Crippen LogP contribution in [0.3, 0.4) is 0 Å². The molecule has 0 unspecified atom stereocenters. The Morgan fingerprint density at radius 3 is 2.83 bits per heavy atom. The van der Waals surface area contributed by atoms with E-state index in [1.807, 2.05) is 43.5 Å². The Hall–Kier alpha value is -3.31. The van der Waals surface area contributed by atoms with Gasteiger partial charge in [0.1, 0.15) is 0 Å². The van der Waals surface area contributed by atoms with Gasteiger partial charge in [-0.3, -0.25) is 9.48 Å². The summed E-state index contributed by atoms with van der Waals surface area (Å²) in [5.74, 6) is 0.479. The molecular formula is C21H19BrN4O3. The van der Waals surface area contributed by atoms with Gasteiger partial charge in [0.05, 0.1) is 29.3 Å². The third-order valence-electron chi connectivity index (χ3n) is 3.97. The number of hydrogen-bond donors (Lipinski definition) is 1. The van der Waals surface area contributed by atoms with E-state index in [1.165, 1.54) is 0 Å². The van der Waals surface area contributed by atoms with Crippen LogP contribution in [0.2, 0.25) is 0 Å². The number of nitrogens with one attached hydrogen (secondary N) is 1. The molecule has 8 heteroatoms. The van der Waals surface area contributed by atoms with Crippen molar-refractivity contribution in [1.29, 1.82) is 5.26 Å². The van der Waals surface area contributed by atoms with Crippen molar-refractivity contribution >= 4 is 27.5 Å². The number of nitrogens with zero attached hydrogens (tertiary/aromatic N) is 3. The maximum Gasteiger partial charge on any atom is 0.262 e. The van der Waals surface area contributed by atoms with E-state index in [0.717, 1.165) is 5.56 Å². The standard InChI is InChI=1S/C21H19BrN4O3/c1-2-28-19-11-15(12-23)10-17(22)21(19)29-14-20(27)25-18-7-4-3-6-16(18)13-26-9-5-8-24-26/h3-11H,2,13-14H2,1H3,(H,25,27). The first kappa shape index (κ1) is 20.4. The van der Waals surface area contributed by atoms with Crippen molar-refractivity contribution in [3.8, 4) is 17.6 Å². The molecular weight excluding hydrogens is 436 g/mol. The SMILES string of the molecule is CCOc1cc(C#N)cc(Br)c1OCC(=O)Nc1ccccc1Cn1cccn1. The molecule has 1 amide bonds. The molecule has 0 aliphatic rings. The van der Waals surface area contributed by atoms with E-state index in [9.17, 15) is 4.79 Å². The number of hydrogen-bond acceptors (Lipinski definition) is 5. The predicted octanol–water partition coefficient (Wildman–Crippen LogP) is 3.98. The Balaban J connectivity index is 1.69. The van der Waals surface area contributed by atoms with Gasteiger partial charge in [0.15, 0.2) is 18.1 Å². The van der Waals surface area contributed by atoms with E-state index in [4.69, 9.17) is 14.7 Å². The molecule has 0 radical (unpaired) electrons. The highest BCUT2D eigenvalue weighted by Crippen LogP contribution is 2.36. The molecule has 1 aromatic heterocycles. The molecule has 0 bridgehead atoms. The Bertz CT molecular complexity index is 1030. The van der Waals surface area contributed by atoms with Crippen LogP contribution in [0.5, 0.6) is 11.5 Å². The minimum atomic E-state index is -0.309. The number of aromatic nitrogens is 2. The molecule has 29 heavy (non-hydrogen) atoms. The molecule has 0 atom stereocenters. The number of carbonyl (C=O) groups excluding carboxylic acids is 1. The summed E-state index contributed by atoms with van der Waals surface area (Å²) in [4.78, 5) is 12.5. The quantitative estimate of drug-likeness (QED) is 0.555. The second-order valence-electron chi connectivity index (χ2n) is 6.03. The van der Waals surface area contributed by atoms with Crippen LogP contribution in [0, 0.1) is 11.3 Å². The van der Waals surface area contributed by atoms with Crippen LogP contribution in [-0.2, 0) is 11.3 Å². The van der Waals surface area contributed by atoms with Gasteiger partial charge in [-0.25, -0.2) is 0 Å². The third kappa shape index (κ3) is 5.36. The highest BCUT2D eigenvalue weighted by Gasteiger charge is 2.15. The zero-order valence-electron chi connectivity index (χ0n) is 15.8. The number of halogens is 1. The average molecular weight is 455 g/mol. The van der Waals surface area contributed by atoms with Gasteiger partial charge in [0.2, 0.25) is 0 Å². The zero-order chi connectivity index (χ0) is 20.6. The zero-order valence-corrected chi connectivity index (χ0v) is 17.3. The molecule has 0 saturated carbocycles. The highest BCUT2D eigenvalue weighted by molar-refractivity contribution is 9.10. The summed E-state index contributed by atoms with van der Waals surface area (Å²) in [5.41, 5.74) is 2.06. The number of para-hydroxylation sites is 1. The lowest BCUT2D eigenvalue weighted by atomic mass is 10.1.